The lowest BCUT2D eigenvalue weighted by Gasteiger charge is -2.39. The average Bonchev–Trinajstić information content (AvgIpc) is 3.32. The van der Waals surface area contributed by atoms with Gasteiger partial charge in [-0.2, -0.15) is 26.9 Å². The fourth-order valence-electron chi connectivity index (χ4n) is 5.52. The molecule has 16 heteroatoms. The van der Waals surface area contributed by atoms with Crippen molar-refractivity contribution in [2.24, 2.45) is 5.73 Å². The van der Waals surface area contributed by atoms with E-state index in [9.17, 15) is 26.7 Å². The zero-order valence-electron chi connectivity index (χ0n) is 23.9. The summed E-state index contributed by atoms with van der Waals surface area (Å²) in [6.45, 7) is 2.54. The number of piperidine rings is 1. The number of hydrogen-bond donors (Lipinski definition) is 3. The van der Waals surface area contributed by atoms with Crippen molar-refractivity contribution < 1.29 is 31.5 Å². The van der Waals surface area contributed by atoms with Crippen LogP contribution in [0.25, 0.3) is 0 Å². The van der Waals surface area contributed by atoms with Gasteiger partial charge in [0.15, 0.2) is 5.75 Å². The van der Waals surface area contributed by atoms with Crippen LogP contribution in [-0.2, 0) is 6.18 Å². The number of carbonyl (C=O) groups excluding carboxylic acids is 1. The minimum absolute atomic E-state index is 0.0116. The summed E-state index contributed by atoms with van der Waals surface area (Å²) in [5.74, 6) is -1.99. The molecule has 0 saturated carbocycles. The number of aromatic nitrogens is 2. The number of ether oxygens (including phenoxy) is 1. The Morgan fingerprint density at radius 1 is 1.07 bits per heavy atom. The number of anilines is 5. The normalized spacial score (nSPS) is 17.5. The Morgan fingerprint density at radius 3 is 2.55 bits per heavy atom. The standard InChI is InChI=1S/C28H33F5N8O2S/c1-39-8-2-9-40(13-12-39)17-5-10-41(11-6-17)18-3-4-20(22(15-18)43-26(29)30)37-27-35-16-19(28(31,32)33)25(38-27)36-21-7-14-44-23(21)24(34)42/h3-4,7,14-17,26H,2,5-6,8-13H2,1H3,(H2,34,42)(H2,35,36,37,38). The molecule has 2 saturated heterocycles. The molecular weight excluding hydrogens is 607 g/mol. The SMILES string of the molecule is CN1CCCN(C2CCN(c3ccc(Nc4ncc(C(F)(F)F)c(Nc5ccsc5C(N)=O)n4)c(OC(F)F)c3)CC2)CC1. The molecule has 2 aliphatic rings. The smallest absolute Gasteiger partial charge is 0.421 e. The minimum atomic E-state index is -4.83. The quantitative estimate of drug-likeness (QED) is 0.267. The fraction of sp³-hybridized carbons (Fsp3) is 0.464. The Morgan fingerprint density at radius 2 is 1.84 bits per heavy atom. The van der Waals surface area contributed by atoms with Crippen molar-refractivity contribution in [3.8, 4) is 5.75 Å². The number of benzene rings is 1. The first-order valence-electron chi connectivity index (χ1n) is 14.1. The maximum absolute atomic E-state index is 13.7. The molecule has 4 heterocycles. The first-order chi connectivity index (χ1) is 21.0. The van der Waals surface area contributed by atoms with Crippen molar-refractivity contribution in [3.05, 3.63) is 46.3 Å². The molecular formula is C28H33F5N8O2S. The van der Waals surface area contributed by atoms with Gasteiger partial charge in [0, 0.05) is 50.2 Å². The van der Waals surface area contributed by atoms with E-state index < -0.39 is 30.1 Å². The van der Waals surface area contributed by atoms with Gasteiger partial charge in [0.1, 0.15) is 16.3 Å². The Labute approximate surface area is 255 Å². The molecule has 0 bridgehead atoms. The minimum Gasteiger partial charge on any atom is -0.433 e. The van der Waals surface area contributed by atoms with Crippen LogP contribution in [0.15, 0.2) is 35.8 Å². The van der Waals surface area contributed by atoms with E-state index in [1.165, 1.54) is 23.6 Å². The first kappa shape index (κ1) is 31.7. The van der Waals surface area contributed by atoms with Gasteiger partial charge in [0.05, 0.1) is 11.4 Å². The predicted octanol–water partition coefficient (Wildman–Crippen LogP) is 5.35. The van der Waals surface area contributed by atoms with Gasteiger partial charge in [-0.1, -0.05) is 0 Å². The molecule has 4 N–H and O–H groups in total. The van der Waals surface area contributed by atoms with Crippen molar-refractivity contribution >= 4 is 46.1 Å². The molecule has 44 heavy (non-hydrogen) atoms. The molecule has 10 nitrogen and oxygen atoms in total. The molecule has 1 amide bonds. The zero-order chi connectivity index (χ0) is 31.4. The highest BCUT2D eigenvalue weighted by atomic mass is 32.1. The van der Waals surface area contributed by atoms with Gasteiger partial charge in [-0.15, -0.1) is 11.3 Å². The number of nitrogens with two attached hydrogens (primary N) is 1. The third-order valence-corrected chi connectivity index (χ3v) is 8.69. The van der Waals surface area contributed by atoms with Gasteiger partial charge < -0.3 is 30.9 Å². The Balaban J connectivity index is 1.34. The van der Waals surface area contributed by atoms with Gasteiger partial charge in [-0.05, 0) is 63.0 Å². The van der Waals surface area contributed by atoms with Crippen LogP contribution in [-0.4, -0.2) is 84.6 Å². The van der Waals surface area contributed by atoms with E-state index in [1.807, 2.05) is 0 Å². The van der Waals surface area contributed by atoms with Gasteiger partial charge >= 0.3 is 12.8 Å². The number of hydrogen-bond acceptors (Lipinski definition) is 10. The third kappa shape index (κ3) is 7.65. The van der Waals surface area contributed by atoms with Crippen LogP contribution >= 0.6 is 11.3 Å². The zero-order valence-corrected chi connectivity index (χ0v) is 24.7. The number of alkyl halides is 5. The monoisotopic (exact) mass is 640 g/mol. The van der Waals surface area contributed by atoms with E-state index in [4.69, 9.17) is 10.5 Å². The number of thiophene rings is 1. The second-order valence-electron chi connectivity index (χ2n) is 10.7. The van der Waals surface area contributed by atoms with Gasteiger partial charge in [0.2, 0.25) is 5.95 Å². The van der Waals surface area contributed by atoms with Crippen LogP contribution in [0.3, 0.4) is 0 Å². The average molecular weight is 641 g/mol. The molecule has 2 fully saturated rings. The summed E-state index contributed by atoms with van der Waals surface area (Å²) >= 11 is 0.953. The number of rotatable bonds is 9. The molecule has 0 atom stereocenters. The maximum Gasteiger partial charge on any atom is 0.421 e. The lowest BCUT2D eigenvalue weighted by atomic mass is 10.0. The van der Waals surface area contributed by atoms with Crippen LogP contribution in [0.2, 0.25) is 0 Å². The van der Waals surface area contributed by atoms with Crippen LogP contribution < -0.4 is 26.0 Å². The van der Waals surface area contributed by atoms with E-state index in [0.717, 1.165) is 69.9 Å². The number of halogens is 5. The number of amides is 1. The van der Waals surface area contributed by atoms with Gasteiger partial charge in [-0.3, -0.25) is 9.69 Å². The summed E-state index contributed by atoms with van der Waals surface area (Å²) in [5, 5.41) is 6.69. The van der Waals surface area contributed by atoms with Crippen LogP contribution in [0.5, 0.6) is 5.75 Å². The molecule has 0 unspecified atom stereocenters. The highest BCUT2D eigenvalue weighted by Gasteiger charge is 2.36. The van der Waals surface area contributed by atoms with Crippen LogP contribution in [0, 0.1) is 0 Å². The highest BCUT2D eigenvalue weighted by Crippen LogP contribution is 2.38. The highest BCUT2D eigenvalue weighted by molar-refractivity contribution is 7.12. The van der Waals surface area contributed by atoms with E-state index in [-0.39, 0.29) is 27.9 Å². The molecule has 5 rings (SSSR count). The number of nitrogens with one attached hydrogen (secondary N) is 2. The summed E-state index contributed by atoms with van der Waals surface area (Å²) in [4.78, 5) is 26.4. The first-order valence-corrected chi connectivity index (χ1v) is 15.0. The van der Waals surface area contributed by atoms with Crippen molar-refractivity contribution in [1.82, 2.24) is 19.8 Å². The lowest BCUT2D eigenvalue weighted by Crippen LogP contribution is -2.46. The molecule has 2 aliphatic heterocycles. The second kappa shape index (κ2) is 13.5. The molecule has 0 radical (unpaired) electrons. The topological polar surface area (TPSA) is 112 Å². The van der Waals surface area contributed by atoms with E-state index in [2.05, 4.69) is 42.3 Å². The molecule has 238 valence electrons. The molecule has 3 aromatic rings. The lowest BCUT2D eigenvalue weighted by molar-refractivity contribution is -0.137. The van der Waals surface area contributed by atoms with Crippen molar-refractivity contribution in [1.29, 1.82) is 0 Å². The molecule has 0 aliphatic carbocycles. The van der Waals surface area contributed by atoms with Crippen LogP contribution in [0.4, 0.5) is 50.8 Å². The maximum atomic E-state index is 13.7. The summed E-state index contributed by atoms with van der Waals surface area (Å²) in [6.07, 6.45) is -1.27. The van der Waals surface area contributed by atoms with Gasteiger partial charge in [0.25, 0.3) is 5.91 Å². The van der Waals surface area contributed by atoms with Crippen molar-refractivity contribution in [2.75, 3.05) is 61.8 Å². The number of likely N-dealkylation sites (N-methyl/N-ethyl adjacent to an activating group) is 1. The predicted molar refractivity (Wildman–Crippen MR) is 158 cm³/mol. The largest absolute Gasteiger partial charge is 0.433 e. The molecule has 0 spiro atoms. The molecule has 2 aromatic heterocycles. The summed E-state index contributed by atoms with van der Waals surface area (Å²) in [7, 11) is 2.13. The van der Waals surface area contributed by atoms with Crippen molar-refractivity contribution in [2.45, 2.75) is 38.1 Å². The summed E-state index contributed by atoms with van der Waals surface area (Å²) < 4.78 is 72.9. The number of primary amides is 1. The fourth-order valence-corrected chi connectivity index (χ4v) is 6.22. The van der Waals surface area contributed by atoms with E-state index >= 15 is 0 Å². The Kier molecular flexibility index (Phi) is 9.70. The van der Waals surface area contributed by atoms with Crippen molar-refractivity contribution in [3.63, 3.8) is 0 Å². The number of carbonyl (C=O) groups is 1. The Bertz CT molecular complexity index is 1450. The van der Waals surface area contributed by atoms with E-state index in [1.54, 1.807) is 6.07 Å². The van der Waals surface area contributed by atoms with E-state index in [0.29, 0.717) is 17.9 Å². The number of nitrogens with zero attached hydrogens (tertiary/aromatic N) is 5. The second-order valence-corrected chi connectivity index (χ2v) is 11.6. The third-order valence-electron chi connectivity index (χ3n) is 7.76. The summed E-state index contributed by atoms with van der Waals surface area (Å²) in [5.41, 5.74) is 4.89. The summed E-state index contributed by atoms with van der Waals surface area (Å²) in [6, 6.07) is 6.56. The van der Waals surface area contributed by atoms with Gasteiger partial charge in [-0.25, -0.2) is 4.98 Å². The van der Waals surface area contributed by atoms with Crippen LogP contribution in [0.1, 0.15) is 34.5 Å². The Hall–Kier alpha value is -3.76. The molecule has 1 aromatic carbocycles.